The topological polar surface area (TPSA) is 46.3 Å². The van der Waals surface area contributed by atoms with Crippen LogP contribution in [0.25, 0.3) is 0 Å². The smallest absolute Gasteiger partial charge is 0.227 e. The molecule has 3 nitrogen and oxygen atoms in total. The van der Waals surface area contributed by atoms with E-state index in [0.29, 0.717) is 6.42 Å². The lowest BCUT2D eigenvalue weighted by Crippen LogP contribution is -2.35. The second-order valence-electron chi connectivity index (χ2n) is 6.16. The summed E-state index contributed by atoms with van der Waals surface area (Å²) in [6, 6.07) is 14.4. The first-order chi connectivity index (χ1) is 11.2. The van der Waals surface area contributed by atoms with Crippen LogP contribution in [-0.2, 0) is 24.1 Å². The molecule has 0 fully saturated rings. The van der Waals surface area contributed by atoms with E-state index in [1.807, 2.05) is 23.1 Å². The number of rotatable bonds is 4. The Morgan fingerprint density at radius 3 is 2.61 bits per heavy atom. The molecule has 0 aliphatic carbocycles. The number of fused-ring (bicyclic) bond motifs is 1. The standard InChI is InChI=1S/C20H24N2O/c1-2-15-8-10-16(11-9-15)12-13-20(23)22-14-4-5-17-18(21)6-3-7-19(17)22/h3,6-11H,2,4-5,12-14,21H2,1H3. The van der Waals surface area contributed by atoms with Gasteiger partial charge in [-0.15, -0.1) is 0 Å². The van der Waals surface area contributed by atoms with Crippen molar-refractivity contribution in [1.29, 1.82) is 0 Å². The van der Waals surface area contributed by atoms with Gasteiger partial charge in [-0.1, -0.05) is 37.3 Å². The van der Waals surface area contributed by atoms with Crippen LogP contribution in [0.15, 0.2) is 42.5 Å². The number of carbonyl (C=O) groups excluding carboxylic acids is 1. The van der Waals surface area contributed by atoms with Gasteiger partial charge < -0.3 is 10.6 Å². The molecule has 0 bridgehead atoms. The summed E-state index contributed by atoms with van der Waals surface area (Å²) in [6.45, 7) is 2.95. The van der Waals surface area contributed by atoms with Crippen LogP contribution >= 0.6 is 0 Å². The number of amides is 1. The first-order valence-corrected chi connectivity index (χ1v) is 8.44. The summed E-state index contributed by atoms with van der Waals surface area (Å²) in [5, 5.41) is 0. The summed E-state index contributed by atoms with van der Waals surface area (Å²) in [7, 11) is 0. The molecule has 0 radical (unpaired) electrons. The number of anilines is 2. The van der Waals surface area contributed by atoms with Gasteiger partial charge in [0.25, 0.3) is 0 Å². The monoisotopic (exact) mass is 308 g/mol. The van der Waals surface area contributed by atoms with Crippen molar-refractivity contribution in [1.82, 2.24) is 0 Å². The maximum Gasteiger partial charge on any atom is 0.227 e. The molecule has 2 N–H and O–H groups in total. The van der Waals surface area contributed by atoms with E-state index in [4.69, 9.17) is 5.73 Å². The van der Waals surface area contributed by atoms with Gasteiger partial charge in [0.05, 0.1) is 0 Å². The molecular weight excluding hydrogens is 284 g/mol. The van der Waals surface area contributed by atoms with Crippen LogP contribution in [0.5, 0.6) is 0 Å². The summed E-state index contributed by atoms with van der Waals surface area (Å²) < 4.78 is 0. The maximum absolute atomic E-state index is 12.7. The van der Waals surface area contributed by atoms with Crippen LogP contribution in [0.2, 0.25) is 0 Å². The first-order valence-electron chi connectivity index (χ1n) is 8.44. The Labute approximate surface area is 138 Å². The average molecular weight is 308 g/mol. The van der Waals surface area contributed by atoms with Gasteiger partial charge in [0, 0.05) is 24.3 Å². The van der Waals surface area contributed by atoms with Gasteiger partial charge in [0.15, 0.2) is 0 Å². The summed E-state index contributed by atoms with van der Waals surface area (Å²) in [6.07, 6.45) is 4.32. The van der Waals surface area contributed by atoms with Gasteiger partial charge in [-0.25, -0.2) is 0 Å². The Kier molecular flexibility index (Phi) is 4.65. The van der Waals surface area contributed by atoms with Crippen LogP contribution in [-0.4, -0.2) is 12.5 Å². The Hall–Kier alpha value is -2.29. The fraction of sp³-hybridized carbons (Fsp3) is 0.350. The minimum atomic E-state index is 0.191. The van der Waals surface area contributed by atoms with Crippen molar-refractivity contribution in [3.05, 3.63) is 59.2 Å². The second kappa shape index (κ2) is 6.86. The lowest BCUT2D eigenvalue weighted by Gasteiger charge is -2.30. The van der Waals surface area contributed by atoms with Crippen molar-refractivity contribution < 1.29 is 4.79 Å². The van der Waals surface area contributed by atoms with E-state index < -0.39 is 0 Å². The Balaban J connectivity index is 1.68. The van der Waals surface area contributed by atoms with Crippen molar-refractivity contribution in [2.75, 3.05) is 17.2 Å². The van der Waals surface area contributed by atoms with E-state index in [-0.39, 0.29) is 5.91 Å². The predicted molar refractivity (Wildman–Crippen MR) is 95.7 cm³/mol. The van der Waals surface area contributed by atoms with E-state index in [2.05, 4.69) is 31.2 Å². The fourth-order valence-electron chi connectivity index (χ4n) is 3.24. The molecule has 2 aromatic carbocycles. The van der Waals surface area contributed by atoms with E-state index >= 15 is 0 Å². The highest BCUT2D eigenvalue weighted by molar-refractivity contribution is 5.95. The van der Waals surface area contributed by atoms with Crippen molar-refractivity contribution in [3.8, 4) is 0 Å². The van der Waals surface area contributed by atoms with Crippen molar-refractivity contribution in [2.24, 2.45) is 0 Å². The van der Waals surface area contributed by atoms with Gasteiger partial charge in [-0.05, 0) is 54.5 Å². The largest absolute Gasteiger partial charge is 0.398 e. The van der Waals surface area contributed by atoms with Crippen molar-refractivity contribution >= 4 is 17.3 Å². The Morgan fingerprint density at radius 1 is 1.13 bits per heavy atom. The molecule has 0 aromatic heterocycles. The number of hydrogen-bond acceptors (Lipinski definition) is 2. The summed E-state index contributed by atoms with van der Waals surface area (Å²) in [5.41, 5.74) is 11.5. The van der Waals surface area contributed by atoms with E-state index in [1.165, 1.54) is 11.1 Å². The molecule has 2 aromatic rings. The van der Waals surface area contributed by atoms with E-state index in [1.54, 1.807) is 0 Å². The molecule has 1 heterocycles. The maximum atomic E-state index is 12.7. The zero-order chi connectivity index (χ0) is 16.2. The Bertz CT molecular complexity index is 691. The highest BCUT2D eigenvalue weighted by atomic mass is 16.2. The second-order valence-corrected chi connectivity index (χ2v) is 6.16. The lowest BCUT2D eigenvalue weighted by molar-refractivity contribution is -0.118. The molecule has 3 rings (SSSR count). The van der Waals surface area contributed by atoms with Crippen molar-refractivity contribution in [3.63, 3.8) is 0 Å². The molecule has 120 valence electrons. The highest BCUT2D eigenvalue weighted by Crippen LogP contribution is 2.31. The SMILES string of the molecule is CCc1ccc(CCC(=O)N2CCCc3c(N)cccc32)cc1. The highest BCUT2D eigenvalue weighted by Gasteiger charge is 2.23. The summed E-state index contributed by atoms with van der Waals surface area (Å²) in [4.78, 5) is 14.6. The number of nitrogen functional groups attached to an aromatic ring is 1. The zero-order valence-electron chi connectivity index (χ0n) is 13.7. The third kappa shape index (κ3) is 3.39. The number of benzene rings is 2. The zero-order valence-corrected chi connectivity index (χ0v) is 13.7. The number of nitrogens with zero attached hydrogens (tertiary/aromatic N) is 1. The van der Waals surface area contributed by atoms with Crippen LogP contribution in [0, 0.1) is 0 Å². The van der Waals surface area contributed by atoms with E-state index in [0.717, 1.165) is 49.2 Å². The molecule has 1 amide bonds. The molecule has 0 atom stereocenters. The molecule has 1 aliphatic rings. The third-order valence-corrected chi connectivity index (χ3v) is 4.65. The number of hydrogen-bond donors (Lipinski definition) is 1. The Morgan fingerprint density at radius 2 is 1.87 bits per heavy atom. The van der Waals surface area contributed by atoms with Crippen LogP contribution < -0.4 is 10.6 Å². The number of carbonyl (C=O) groups is 1. The van der Waals surface area contributed by atoms with Gasteiger partial charge in [0.2, 0.25) is 5.91 Å². The molecule has 3 heteroatoms. The minimum absolute atomic E-state index is 0.191. The third-order valence-electron chi connectivity index (χ3n) is 4.65. The van der Waals surface area contributed by atoms with Gasteiger partial charge in [-0.3, -0.25) is 4.79 Å². The normalized spacial score (nSPS) is 13.7. The number of nitrogens with two attached hydrogens (primary N) is 1. The summed E-state index contributed by atoms with van der Waals surface area (Å²) in [5.74, 6) is 0.191. The minimum Gasteiger partial charge on any atom is -0.398 e. The van der Waals surface area contributed by atoms with Gasteiger partial charge >= 0.3 is 0 Å². The van der Waals surface area contributed by atoms with Gasteiger partial charge in [-0.2, -0.15) is 0 Å². The predicted octanol–water partition coefficient (Wildman–Crippen LogP) is 3.74. The van der Waals surface area contributed by atoms with Crippen LogP contribution in [0.3, 0.4) is 0 Å². The molecule has 23 heavy (non-hydrogen) atoms. The van der Waals surface area contributed by atoms with Crippen LogP contribution in [0.4, 0.5) is 11.4 Å². The lowest BCUT2D eigenvalue weighted by atomic mass is 9.99. The summed E-state index contributed by atoms with van der Waals surface area (Å²) >= 11 is 0. The van der Waals surface area contributed by atoms with Crippen LogP contribution in [0.1, 0.15) is 36.5 Å². The van der Waals surface area contributed by atoms with E-state index in [9.17, 15) is 4.79 Å². The first kappa shape index (κ1) is 15.6. The van der Waals surface area contributed by atoms with Crippen molar-refractivity contribution in [2.45, 2.75) is 39.0 Å². The molecule has 0 spiro atoms. The number of aryl methyl sites for hydroxylation is 2. The molecule has 1 aliphatic heterocycles. The fourth-order valence-corrected chi connectivity index (χ4v) is 3.24. The molecule has 0 unspecified atom stereocenters. The van der Waals surface area contributed by atoms with Gasteiger partial charge in [0.1, 0.15) is 0 Å². The quantitative estimate of drug-likeness (QED) is 0.875. The average Bonchev–Trinajstić information content (AvgIpc) is 2.60. The molecule has 0 saturated carbocycles. The molecule has 0 saturated heterocycles. The molecular formula is C20H24N2O.